The molecule has 1 heterocycles. The Morgan fingerprint density at radius 2 is 1.84 bits per heavy atom. The van der Waals surface area contributed by atoms with Crippen LogP contribution in [0.5, 0.6) is 0 Å². The van der Waals surface area contributed by atoms with E-state index in [0.29, 0.717) is 0 Å². The van der Waals surface area contributed by atoms with Gasteiger partial charge in [0.25, 0.3) is 5.91 Å². The lowest BCUT2D eigenvalue weighted by atomic mass is 9.48. The van der Waals surface area contributed by atoms with E-state index < -0.39 is 5.97 Å². The highest BCUT2D eigenvalue weighted by Gasteiger charge is 2.53. The van der Waals surface area contributed by atoms with E-state index in [1.54, 1.807) is 0 Å². The maximum Gasteiger partial charge on any atom is 0.359 e. The molecule has 134 valence electrons. The second-order valence-electron chi connectivity index (χ2n) is 8.24. The van der Waals surface area contributed by atoms with Crippen LogP contribution in [0, 0.1) is 23.2 Å². The molecule has 0 spiro atoms. The maximum atomic E-state index is 12.3. The molecule has 4 fully saturated rings. The smallest absolute Gasteiger partial charge is 0.359 e. The summed E-state index contributed by atoms with van der Waals surface area (Å²) >= 11 is 0. The van der Waals surface area contributed by atoms with Gasteiger partial charge in [-0.3, -0.25) is 9.78 Å². The molecule has 1 aromatic rings. The Labute approximate surface area is 147 Å². The third-order valence-corrected chi connectivity index (χ3v) is 6.49. The molecule has 1 amide bonds. The van der Waals surface area contributed by atoms with E-state index >= 15 is 0 Å². The maximum absolute atomic E-state index is 12.3. The molecule has 0 aliphatic heterocycles. The number of nitrogens with one attached hydrogen (secondary N) is 1. The summed E-state index contributed by atoms with van der Waals surface area (Å²) in [5, 5.41) is 3.09. The molecule has 4 aliphatic rings. The van der Waals surface area contributed by atoms with Crippen molar-refractivity contribution in [2.45, 2.75) is 51.5 Å². The Morgan fingerprint density at radius 3 is 2.40 bits per heavy atom. The van der Waals surface area contributed by atoms with E-state index in [2.05, 4.69) is 22.2 Å². The molecule has 25 heavy (non-hydrogen) atoms. The van der Waals surface area contributed by atoms with Gasteiger partial charge < -0.3 is 10.1 Å². The molecule has 1 N–H and O–H groups in total. The average molecular weight is 343 g/mol. The van der Waals surface area contributed by atoms with Gasteiger partial charge in [0.15, 0.2) is 12.3 Å². The number of carbonyl (C=O) groups is 2. The van der Waals surface area contributed by atoms with E-state index in [9.17, 15) is 9.59 Å². The molecular formula is C19H25N3O3. The first kappa shape index (κ1) is 16.5. The van der Waals surface area contributed by atoms with Crippen LogP contribution < -0.4 is 5.32 Å². The monoisotopic (exact) mass is 343 g/mol. The van der Waals surface area contributed by atoms with Crippen molar-refractivity contribution in [2.24, 2.45) is 23.2 Å². The first-order chi connectivity index (χ1) is 12.0. The van der Waals surface area contributed by atoms with E-state index in [4.69, 9.17) is 4.74 Å². The standard InChI is InChI=1S/C19H25N3O3/c1-12(19-7-13-4-14(8-19)6-15(5-13)9-19)22-17(23)11-25-18(24)16-10-20-2-3-21-16/h2-3,10,12-15H,4-9,11H2,1H3,(H,22,23). The quantitative estimate of drug-likeness (QED) is 0.830. The second-order valence-corrected chi connectivity index (χ2v) is 8.24. The molecule has 4 aliphatic carbocycles. The fourth-order valence-electron chi connectivity index (χ4n) is 5.75. The van der Waals surface area contributed by atoms with Crippen molar-refractivity contribution in [2.75, 3.05) is 6.61 Å². The van der Waals surface area contributed by atoms with Gasteiger partial charge in [0, 0.05) is 18.4 Å². The zero-order chi connectivity index (χ0) is 17.4. The Balaban J connectivity index is 1.31. The van der Waals surface area contributed by atoms with Crippen molar-refractivity contribution in [3.05, 3.63) is 24.3 Å². The Morgan fingerprint density at radius 1 is 1.20 bits per heavy atom. The molecule has 4 bridgehead atoms. The van der Waals surface area contributed by atoms with Gasteiger partial charge in [0.05, 0.1) is 6.20 Å². The summed E-state index contributed by atoms with van der Waals surface area (Å²) in [5.41, 5.74) is 0.365. The molecule has 6 nitrogen and oxygen atoms in total. The lowest BCUT2D eigenvalue weighted by Gasteiger charge is -2.59. The number of ether oxygens (including phenoxy) is 1. The van der Waals surface area contributed by atoms with Gasteiger partial charge in [0.1, 0.15) is 0 Å². The van der Waals surface area contributed by atoms with Crippen LogP contribution in [0.4, 0.5) is 0 Å². The minimum absolute atomic E-state index is 0.115. The lowest BCUT2D eigenvalue weighted by molar-refractivity contribution is -0.128. The van der Waals surface area contributed by atoms with Crippen LogP contribution in [0.1, 0.15) is 55.9 Å². The van der Waals surface area contributed by atoms with Gasteiger partial charge in [-0.25, -0.2) is 9.78 Å². The fraction of sp³-hybridized carbons (Fsp3) is 0.684. The molecular weight excluding hydrogens is 318 g/mol. The predicted molar refractivity (Wildman–Crippen MR) is 90.5 cm³/mol. The first-order valence-corrected chi connectivity index (χ1v) is 9.26. The molecule has 5 rings (SSSR count). The van der Waals surface area contributed by atoms with Crippen molar-refractivity contribution in [3.63, 3.8) is 0 Å². The number of rotatable bonds is 5. The van der Waals surface area contributed by atoms with Crippen LogP contribution in [0.3, 0.4) is 0 Å². The Hall–Kier alpha value is -1.98. The Kier molecular flexibility index (Phi) is 4.21. The topological polar surface area (TPSA) is 81.2 Å². The Bertz CT molecular complexity index is 626. The first-order valence-electron chi connectivity index (χ1n) is 9.26. The summed E-state index contributed by atoms with van der Waals surface area (Å²) in [5.74, 6) is 1.69. The number of hydrogen-bond acceptors (Lipinski definition) is 5. The van der Waals surface area contributed by atoms with Gasteiger partial charge >= 0.3 is 5.97 Å². The van der Waals surface area contributed by atoms with Gasteiger partial charge in [-0.15, -0.1) is 0 Å². The molecule has 6 heteroatoms. The third-order valence-electron chi connectivity index (χ3n) is 6.49. The van der Waals surface area contributed by atoms with Crippen molar-refractivity contribution in [1.29, 1.82) is 0 Å². The number of carbonyl (C=O) groups excluding carboxylic acids is 2. The van der Waals surface area contributed by atoms with Crippen LogP contribution >= 0.6 is 0 Å². The minimum Gasteiger partial charge on any atom is -0.451 e. The van der Waals surface area contributed by atoms with Crippen molar-refractivity contribution >= 4 is 11.9 Å². The van der Waals surface area contributed by atoms with Crippen LogP contribution in [0.2, 0.25) is 0 Å². The van der Waals surface area contributed by atoms with Crippen molar-refractivity contribution < 1.29 is 14.3 Å². The molecule has 1 unspecified atom stereocenters. The zero-order valence-electron chi connectivity index (χ0n) is 14.6. The summed E-state index contributed by atoms with van der Waals surface area (Å²) in [7, 11) is 0. The number of nitrogens with zero attached hydrogens (tertiary/aromatic N) is 2. The summed E-state index contributed by atoms with van der Waals surface area (Å²) in [4.78, 5) is 31.8. The van der Waals surface area contributed by atoms with Gasteiger partial charge in [0.2, 0.25) is 0 Å². The third kappa shape index (κ3) is 3.26. The summed E-state index contributed by atoms with van der Waals surface area (Å²) in [6.45, 7) is 1.85. The fourth-order valence-corrected chi connectivity index (χ4v) is 5.75. The second kappa shape index (κ2) is 6.39. The normalized spacial score (nSPS) is 33.7. The van der Waals surface area contributed by atoms with Gasteiger partial charge in [-0.2, -0.15) is 0 Å². The predicted octanol–water partition coefficient (Wildman–Crippen LogP) is 2.35. The summed E-state index contributed by atoms with van der Waals surface area (Å²) < 4.78 is 5.06. The highest BCUT2D eigenvalue weighted by atomic mass is 16.5. The number of esters is 1. The van der Waals surface area contributed by atoms with E-state index in [0.717, 1.165) is 17.8 Å². The van der Waals surface area contributed by atoms with E-state index in [1.807, 2.05) is 0 Å². The largest absolute Gasteiger partial charge is 0.451 e. The minimum atomic E-state index is -0.620. The SMILES string of the molecule is CC(NC(=O)COC(=O)c1cnccn1)C12CC3CC(CC(C3)C1)C2. The highest BCUT2D eigenvalue weighted by molar-refractivity contribution is 5.89. The van der Waals surface area contributed by atoms with Crippen LogP contribution in [0.25, 0.3) is 0 Å². The van der Waals surface area contributed by atoms with Gasteiger partial charge in [-0.05, 0) is 68.6 Å². The van der Waals surface area contributed by atoms with Crippen molar-refractivity contribution in [1.82, 2.24) is 15.3 Å². The molecule has 1 aromatic heterocycles. The number of amides is 1. The van der Waals surface area contributed by atoms with E-state index in [-0.39, 0.29) is 29.7 Å². The molecule has 1 atom stereocenters. The van der Waals surface area contributed by atoms with Gasteiger partial charge in [-0.1, -0.05) is 0 Å². The molecule has 4 saturated carbocycles. The molecule has 0 radical (unpaired) electrons. The van der Waals surface area contributed by atoms with Crippen molar-refractivity contribution in [3.8, 4) is 0 Å². The van der Waals surface area contributed by atoms with E-state index in [1.165, 1.54) is 57.1 Å². The number of aromatic nitrogens is 2. The van der Waals surface area contributed by atoms with Crippen LogP contribution in [0.15, 0.2) is 18.6 Å². The lowest BCUT2D eigenvalue weighted by Crippen LogP contribution is -2.56. The van der Waals surface area contributed by atoms with Crippen LogP contribution in [-0.4, -0.2) is 34.5 Å². The van der Waals surface area contributed by atoms with Crippen LogP contribution in [-0.2, 0) is 9.53 Å². The summed E-state index contributed by atoms with van der Waals surface area (Å²) in [6.07, 6.45) is 12.1. The molecule has 0 saturated heterocycles. The highest BCUT2D eigenvalue weighted by Crippen LogP contribution is 2.61. The molecule has 0 aromatic carbocycles. The number of hydrogen-bond donors (Lipinski definition) is 1. The summed E-state index contributed by atoms with van der Waals surface area (Å²) in [6, 6.07) is 0.128. The zero-order valence-corrected chi connectivity index (χ0v) is 14.6. The average Bonchev–Trinajstić information content (AvgIpc) is 2.59.